The van der Waals surface area contributed by atoms with Crippen LogP contribution in [0.5, 0.6) is 11.5 Å². The lowest BCUT2D eigenvalue weighted by atomic mass is 9.95. The molecule has 112 valence electrons. The van der Waals surface area contributed by atoms with Gasteiger partial charge in [0, 0.05) is 7.11 Å². The fraction of sp³-hybridized carbons (Fsp3) is 0.294. The molecular formula is C17H21NO3. The van der Waals surface area contributed by atoms with Crippen molar-refractivity contribution in [1.29, 1.82) is 0 Å². The predicted octanol–water partition coefficient (Wildman–Crippen LogP) is 3.16. The number of methoxy groups -OCH3 is 1. The standard InChI is InChI=1S/C17H21NO3/c1-11-6-14(19)7-12(2)15(11)8-13-4-5-17(16(18)9-13)21-10-20-3/h4-7,9,19H,8,10,18H2,1-3H3. The van der Waals surface area contributed by atoms with E-state index in [0.29, 0.717) is 17.2 Å². The van der Waals surface area contributed by atoms with E-state index in [1.54, 1.807) is 19.2 Å². The van der Waals surface area contributed by atoms with Crippen LogP contribution in [0.15, 0.2) is 30.3 Å². The summed E-state index contributed by atoms with van der Waals surface area (Å²) in [5.74, 6) is 0.927. The summed E-state index contributed by atoms with van der Waals surface area (Å²) in [6.45, 7) is 4.18. The molecule has 0 aliphatic rings. The Kier molecular flexibility index (Phi) is 4.70. The van der Waals surface area contributed by atoms with Crippen LogP contribution in [0.1, 0.15) is 22.3 Å². The van der Waals surface area contributed by atoms with Gasteiger partial charge >= 0.3 is 0 Å². The number of phenols is 1. The van der Waals surface area contributed by atoms with Crippen LogP contribution in [0.4, 0.5) is 5.69 Å². The minimum absolute atomic E-state index is 0.180. The van der Waals surface area contributed by atoms with Gasteiger partial charge in [-0.2, -0.15) is 0 Å². The largest absolute Gasteiger partial charge is 0.508 e. The second-order valence-corrected chi connectivity index (χ2v) is 5.16. The monoisotopic (exact) mass is 287 g/mol. The molecule has 0 unspecified atom stereocenters. The first-order valence-corrected chi connectivity index (χ1v) is 6.80. The Morgan fingerprint density at radius 1 is 1.10 bits per heavy atom. The average molecular weight is 287 g/mol. The van der Waals surface area contributed by atoms with Crippen LogP contribution in [0.25, 0.3) is 0 Å². The van der Waals surface area contributed by atoms with Crippen LogP contribution in [0, 0.1) is 13.8 Å². The molecule has 21 heavy (non-hydrogen) atoms. The zero-order valence-corrected chi connectivity index (χ0v) is 12.6. The molecule has 0 heterocycles. The lowest BCUT2D eigenvalue weighted by molar-refractivity contribution is 0.0516. The van der Waals surface area contributed by atoms with Gasteiger partial charge in [-0.3, -0.25) is 0 Å². The second-order valence-electron chi connectivity index (χ2n) is 5.16. The first-order chi connectivity index (χ1) is 10.0. The molecule has 2 aromatic rings. The Morgan fingerprint density at radius 3 is 2.33 bits per heavy atom. The zero-order valence-electron chi connectivity index (χ0n) is 12.6. The molecule has 0 aromatic heterocycles. The number of aryl methyl sites for hydroxylation is 2. The third-order valence-electron chi connectivity index (χ3n) is 3.47. The molecule has 4 heteroatoms. The van der Waals surface area contributed by atoms with Crippen LogP contribution in [-0.2, 0) is 11.2 Å². The zero-order chi connectivity index (χ0) is 15.4. The van der Waals surface area contributed by atoms with Gasteiger partial charge in [-0.15, -0.1) is 0 Å². The van der Waals surface area contributed by atoms with Crippen molar-refractivity contribution in [2.75, 3.05) is 19.6 Å². The van der Waals surface area contributed by atoms with Crippen molar-refractivity contribution in [3.05, 3.63) is 52.6 Å². The van der Waals surface area contributed by atoms with Gasteiger partial charge in [-0.05, 0) is 66.8 Å². The summed E-state index contributed by atoms with van der Waals surface area (Å²) < 4.78 is 10.2. The molecule has 0 saturated carbocycles. The van der Waals surface area contributed by atoms with Crippen molar-refractivity contribution in [1.82, 2.24) is 0 Å². The lowest BCUT2D eigenvalue weighted by Gasteiger charge is -2.13. The number of rotatable bonds is 5. The maximum absolute atomic E-state index is 9.60. The summed E-state index contributed by atoms with van der Waals surface area (Å²) in [5.41, 5.74) is 11.1. The predicted molar refractivity (Wildman–Crippen MR) is 83.7 cm³/mol. The van der Waals surface area contributed by atoms with Gasteiger partial charge in [0.05, 0.1) is 5.69 Å². The molecule has 0 aliphatic carbocycles. The molecule has 2 aromatic carbocycles. The highest BCUT2D eigenvalue weighted by molar-refractivity contribution is 5.55. The number of benzene rings is 2. The minimum atomic E-state index is 0.180. The summed E-state index contributed by atoms with van der Waals surface area (Å²) in [4.78, 5) is 0. The van der Waals surface area contributed by atoms with Crippen molar-refractivity contribution >= 4 is 5.69 Å². The van der Waals surface area contributed by atoms with Gasteiger partial charge in [-0.25, -0.2) is 0 Å². The molecule has 0 radical (unpaired) electrons. The highest BCUT2D eigenvalue weighted by Crippen LogP contribution is 2.27. The maximum atomic E-state index is 9.60. The number of ether oxygens (including phenoxy) is 2. The topological polar surface area (TPSA) is 64.7 Å². The number of hydrogen-bond acceptors (Lipinski definition) is 4. The summed E-state index contributed by atoms with van der Waals surface area (Å²) in [5, 5.41) is 9.60. The van der Waals surface area contributed by atoms with Gasteiger partial charge in [0.25, 0.3) is 0 Å². The molecule has 0 fully saturated rings. The number of phenolic OH excluding ortho intramolecular Hbond substituents is 1. The summed E-state index contributed by atoms with van der Waals surface area (Å²) in [6.07, 6.45) is 0.771. The van der Waals surface area contributed by atoms with Crippen LogP contribution >= 0.6 is 0 Å². The van der Waals surface area contributed by atoms with E-state index in [0.717, 1.165) is 23.1 Å². The molecule has 3 N–H and O–H groups in total. The first kappa shape index (κ1) is 15.2. The Labute approximate surface area is 125 Å². The van der Waals surface area contributed by atoms with Crippen LogP contribution in [0.3, 0.4) is 0 Å². The smallest absolute Gasteiger partial charge is 0.188 e. The number of anilines is 1. The Balaban J connectivity index is 2.23. The molecule has 2 rings (SSSR count). The third-order valence-corrected chi connectivity index (χ3v) is 3.47. The molecule has 0 bridgehead atoms. The summed E-state index contributed by atoms with van der Waals surface area (Å²) in [6, 6.07) is 9.32. The molecule has 0 amide bonds. The molecule has 4 nitrogen and oxygen atoms in total. The summed E-state index contributed by atoms with van der Waals surface area (Å²) in [7, 11) is 1.57. The van der Waals surface area contributed by atoms with Crippen LogP contribution in [-0.4, -0.2) is 19.0 Å². The van der Waals surface area contributed by atoms with Crippen molar-refractivity contribution in [2.45, 2.75) is 20.3 Å². The molecular weight excluding hydrogens is 266 g/mol. The van der Waals surface area contributed by atoms with Gasteiger partial charge in [0.15, 0.2) is 6.79 Å². The van der Waals surface area contributed by atoms with Crippen molar-refractivity contribution < 1.29 is 14.6 Å². The number of nitrogen functional groups attached to an aromatic ring is 1. The van der Waals surface area contributed by atoms with E-state index < -0.39 is 0 Å². The minimum Gasteiger partial charge on any atom is -0.508 e. The number of aromatic hydroxyl groups is 1. The van der Waals surface area contributed by atoms with Gasteiger partial charge in [0.2, 0.25) is 0 Å². The number of hydrogen-bond donors (Lipinski definition) is 2. The van der Waals surface area contributed by atoms with E-state index in [4.69, 9.17) is 15.2 Å². The maximum Gasteiger partial charge on any atom is 0.188 e. The number of nitrogens with two attached hydrogens (primary N) is 1. The van der Waals surface area contributed by atoms with Gasteiger partial charge in [0.1, 0.15) is 11.5 Å². The Bertz CT molecular complexity index is 615. The van der Waals surface area contributed by atoms with Gasteiger partial charge in [-0.1, -0.05) is 6.07 Å². The molecule has 0 spiro atoms. The normalized spacial score (nSPS) is 10.6. The molecule has 0 aliphatic heterocycles. The molecule has 0 saturated heterocycles. The Morgan fingerprint density at radius 2 is 1.76 bits per heavy atom. The average Bonchev–Trinajstić information content (AvgIpc) is 2.42. The van der Waals surface area contributed by atoms with E-state index in [9.17, 15) is 5.11 Å². The summed E-state index contributed by atoms with van der Waals surface area (Å²) >= 11 is 0. The second kappa shape index (κ2) is 6.50. The highest BCUT2D eigenvalue weighted by atomic mass is 16.7. The fourth-order valence-corrected chi connectivity index (χ4v) is 2.42. The van der Waals surface area contributed by atoms with Crippen LogP contribution < -0.4 is 10.5 Å². The van der Waals surface area contributed by atoms with E-state index in [1.807, 2.05) is 32.0 Å². The highest BCUT2D eigenvalue weighted by Gasteiger charge is 2.08. The van der Waals surface area contributed by atoms with Crippen molar-refractivity contribution in [2.24, 2.45) is 0 Å². The van der Waals surface area contributed by atoms with E-state index in [-0.39, 0.29) is 6.79 Å². The van der Waals surface area contributed by atoms with Crippen LogP contribution in [0.2, 0.25) is 0 Å². The van der Waals surface area contributed by atoms with E-state index in [2.05, 4.69) is 0 Å². The third kappa shape index (κ3) is 3.67. The SMILES string of the molecule is COCOc1ccc(Cc2c(C)cc(O)cc2C)cc1N. The van der Waals surface area contributed by atoms with Crippen molar-refractivity contribution in [3.8, 4) is 11.5 Å². The lowest BCUT2D eigenvalue weighted by Crippen LogP contribution is -2.03. The van der Waals surface area contributed by atoms with E-state index in [1.165, 1.54) is 5.56 Å². The quantitative estimate of drug-likeness (QED) is 0.655. The fourth-order valence-electron chi connectivity index (χ4n) is 2.42. The van der Waals surface area contributed by atoms with Gasteiger partial charge < -0.3 is 20.3 Å². The van der Waals surface area contributed by atoms with E-state index >= 15 is 0 Å². The molecule has 0 atom stereocenters. The Hall–Kier alpha value is -2.20. The first-order valence-electron chi connectivity index (χ1n) is 6.80. The van der Waals surface area contributed by atoms with Crippen molar-refractivity contribution in [3.63, 3.8) is 0 Å².